The number of carboxylic acid groups (broad SMARTS) is 1. The van der Waals surface area contributed by atoms with Gasteiger partial charge < -0.3 is 10.4 Å². The molecular formula is C14H16F2N2O3. The molecule has 7 heteroatoms. The van der Waals surface area contributed by atoms with Crippen LogP contribution in [-0.4, -0.2) is 28.0 Å². The fourth-order valence-electron chi connectivity index (χ4n) is 2.65. The number of nitrogens with zero attached hydrogens (tertiary/aromatic N) is 1. The normalized spacial score (nSPS) is 25.4. The number of halogens is 2. The summed E-state index contributed by atoms with van der Waals surface area (Å²) in [7, 11) is 0. The predicted molar refractivity (Wildman–Crippen MR) is 69.6 cm³/mol. The topological polar surface area (TPSA) is 79.3 Å². The maximum absolute atomic E-state index is 13.5. The van der Waals surface area contributed by atoms with Crippen LogP contribution < -0.4 is 5.32 Å². The van der Waals surface area contributed by atoms with Gasteiger partial charge in [0.2, 0.25) is 5.95 Å². The molecule has 0 radical (unpaired) electrons. The van der Waals surface area contributed by atoms with Crippen LogP contribution in [0.1, 0.15) is 43.0 Å². The lowest BCUT2D eigenvalue weighted by Crippen LogP contribution is -2.52. The Bertz CT molecular complexity index is 579. The van der Waals surface area contributed by atoms with Gasteiger partial charge >= 0.3 is 5.97 Å². The lowest BCUT2D eigenvalue weighted by molar-refractivity contribution is -0.151. The van der Waals surface area contributed by atoms with Gasteiger partial charge in [-0.15, -0.1) is 0 Å². The Balaban J connectivity index is 2.21. The lowest BCUT2D eigenvalue weighted by Gasteiger charge is -2.38. The average Bonchev–Trinajstić information content (AvgIpc) is 2.44. The van der Waals surface area contributed by atoms with Gasteiger partial charge in [0.05, 0.1) is 11.0 Å². The number of hydrogen-bond acceptors (Lipinski definition) is 3. The van der Waals surface area contributed by atoms with Crippen LogP contribution in [0.15, 0.2) is 12.3 Å². The number of carbonyl (C=O) groups is 2. The molecule has 0 aromatic carbocycles. The van der Waals surface area contributed by atoms with E-state index in [-0.39, 0.29) is 0 Å². The van der Waals surface area contributed by atoms with Gasteiger partial charge in [0.15, 0.2) is 5.82 Å². The molecule has 0 bridgehead atoms. The summed E-state index contributed by atoms with van der Waals surface area (Å²) >= 11 is 0. The first-order valence-electron chi connectivity index (χ1n) is 6.70. The van der Waals surface area contributed by atoms with E-state index in [1.807, 2.05) is 0 Å². The Labute approximate surface area is 120 Å². The summed E-state index contributed by atoms with van der Waals surface area (Å²) in [6.45, 7) is 1.56. The van der Waals surface area contributed by atoms with E-state index in [0.717, 1.165) is 25.1 Å². The Morgan fingerprint density at radius 3 is 2.81 bits per heavy atom. The van der Waals surface area contributed by atoms with Crippen LogP contribution in [0.4, 0.5) is 8.78 Å². The standard InChI is InChI=1S/C14H16F2N2O3/c1-14(13(20)21)6-3-2-4-9(14)18-12(19)8-5-7-17-11(16)10(8)15/h5,7,9H,2-4,6H2,1H3,(H,18,19)(H,20,21). The highest BCUT2D eigenvalue weighted by Crippen LogP contribution is 2.36. The molecular weight excluding hydrogens is 282 g/mol. The third-order valence-electron chi connectivity index (χ3n) is 4.09. The summed E-state index contributed by atoms with van der Waals surface area (Å²) in [6.07, 6.45) is 3.45. The maximum Gasteiger partial charge on any atom is 0.311 e. The van der Waals surface area contributed by atoms with E-state index >= 15 is 0 Å². The molecule has 1 amide bonds. The summed E-state index contributed by atoms with van der Waals surface area (Å²) in [4.78, 5) is 26.6. The van der Waals surface area contributed by atoms with Crippen LogP contribution in [0.25, 0.3) is 0 Å². The van der Waals surface area contributed by atoms with E-state index in [1.54, 1.807) is 6.92 Å². The second-order valence-electron chi connectivity index (χ2n) is 5.46. The monoisotopic (exact) mass is 298 g/mol. The van der Waals surface area contributed by atoms with Crippen molar-refractivity contribution in [3.05, 3.63) is 29.6 Å². The fourth-order valence-corrected chi connectivity index (χ4v) is 2.65. The third-order valence-corrected chi connectivity index (χ3v) is 4.09. The largest absolute Gasteiger partial charge is 0.481 e. The van der Waals surface area contributed by atoms with E-state index in [0.29, 0.717) is 12.8 Å². The van der Waals surface area contributed by atoms with Crippen molar-refractivity contribution in [3.63, 3.8) is 0 Å². The van der Waals surface area contributed by atoms with E-state index in [4.69, 9.17) is 0 Å². The van der Waals surface area contributed by atoms with Crippen molar-refractivity contribution in [2.24, 2.45) is 5.41 Å². The van der Waals surface area contributed by atoms with Crippen molar-refractivity contribution in [1.82, 2.24) is 10.3 Å². The molecule has 1 aliphatic carbocycles. The van der Waals surface area contributed by atoms with Crippen LogP contribution in [-0.2, 0) is 4.79 Å². The fraction of sp³-hybridized carbons (Fsp3) is 0.500. The van der Waals surface area contributed by atoms with Crippen molar-refractivity contribution in [1.29, 1.82) is 0 Å². The molecule has 2 unspecified atom stereocenters. The molecule has 0 spiro atoms. The quantitative estimate of drug-likeness (QED) is 0.838. The number of rotatable bonds is 3. The van der Waals surface area contributed by atoms with Crippen LogP contribution in [0, 0.1) is 17.2 Å². The molecule has 21 heavy (non-hydrogen) atoms. The first-order valence-corrected chi connectivity index (χ1v) is 6.70. The van der Waals surface area contributed by atoms with Crippen molar-refractivity contribution >= 4 is 11.9 Å². The van der Waals surface area contributed by atoms with E-state index in [2.05, 4.69) is 10.3 Å². The summed E-state index contributed by atoms with van der Waals surface area (Å²) in [5.41, 5.74) is -1.57. The SMILES string of the molecule is CC1(C(=O)O)CCCCC1NC(=O)c1ccnc(F)c1F. The molecule has 1 aliphatic rings. The van der Waals surface area contributed by atoms with Crippen molar-refractivity contribution in [2.45, 2.75) is 38.6 Å². The summed E-state index contributed by atoms with van der Waals surface area (Å²) in [6, 6.07) is 0.446. The molecule has 2 atom stereocenters. The highest BCUT2D eigenvalue weighted by Gasteiger charge is 2.44. The van der Waals surface area contributed by atoms with Gasteiger partial charge in [-0.3, -0.25) is 9.59 Å². The minimum absolute atomic E-state index is 0.431. The third kappa shape index (κ3) is 2.86. The number of carboxylic acids is 1. The van der Waals surface area contributed by atoms with Crippen molar-refractivity contribution in [3.8, 4) is 0 Å². The van der Waals surface area contributed by atoms with Crippen LogP contribution >= 0.6 is 0 Å². The molecule has 2 rings (SSSR count). The minimum Gasteiger partial charge on any atom is -0.481 e. The van der Waals surface area contributed by atoms with Crippen LogP contribution in [0.5, 0.6) is 0 Å². The van der Waals surface area contributed by atoms with Crippen LogP contribution in [0.2, 0.25) is 0 Å². The van der Waals surface area contributed by atoms with Gasteiger partial charge in [-0.1, -0.05) is 12.8 Å². The van der Waals surface area contributed by atoms with E-state index < -0.39 is 40.7 Å². The predicted octanol–water partition coefficient (Wildman–Crippen LogP) is 2.12. The number of pyridine rings is 1. The first-order chi connectivity index (χ1) is 9.86. The number of nitrogens with one attached hydrogen (secondary N) is 1. The van der Waals surface area contributed by atoms with Gasteiger partial charge in [0.1, 0.15) is 0 Å². The van der Waals surface area contributed by atoms with Crippen molar-refractivity contribution < 1.29 is 23.5 Å². The summed E-state index contributed by atoms with van der Waals surface area (Å²) < 4.78 is 26.6. The second kappa shape index (κ2) is 5.75. The smallest absolute Gasteiger partial charge is 0.311 e. The van der Waals surface area contributed by atoms with E-state index in [1.165, 1.54) is 0 Å². The minimum atomic E-state index is -1.35. The summed E-state index contributed by atoms with van der Waals surface area (Å²) in [5.74, 6) is -4.52. The molecule has 1 aromatic rings. The molecule has 2 N–H and O–H groups in total. The average molecular weight is 298 g/mol. The zero-order chi connectivity index (χ0) is 15.6. The molecule has 1 aromatic heterocycles. The molecule has 5 nitrogen and oxygen atoms in total. The summed E-state index contributed by atoms with van der Waals surface area (Å²) in [5, 5.41) is 11.9. The number of aliphatic carboxylic acids is 1. The Morgan fingerprint density at radius 1 is 1.43 bits per heavy atom. The van der Waals surface area contributed by atoms with Crippen molar-refractivity contribution in [2.75, 3.05) is 0 Å². The second-order valence-corrected chi connectivity index (χ2v) is 5.46. The highest BCUT2D eigenvalue weighted by molar-refractivity contribution is 5.95. The highest BCUT2D eigenvalue weighted by atomic mass is 19.2. The molecule has 1 saturated carbocycles. The van der Waals surface area contributed by atoms with Gasteiger partial charge in [0, 0.05) is 12.2 Å². The molecule has 0 aliphatic heterocycles. The zero-order valence-electron chi connectivity index (χ0n) is 11.5. The molecule has 0 saturated heterocycles. The number of hydrogen-bond donors (Lipinski definition) is 2. The molecule has 1 fully saturated rings. The van der Waals surface area contributed by atoms with Gasteiger partial charge in [-0.25, -0.2) is 9.37 Å². The molecule has 1 heterocycles. The Morgan fingerprint density at radius 2 is 2.14 bits per heavy atom. The number of amides is 1. The maximum atomic E-state index is 13.5. The van der Waals surface area contributed by atoms with Gasteiger partial charge in [0.25, 0.3) is 5.91 Å². The Kier molecular flexibility index (Phi) is 4.20. The lowest BCUT2D eigenvalue weighted by atomic mass is 9.71. The first kappa shape index (κ1) is 15.3. The van der Waals surface area contributed by atoms with Gasteiger partial charge in [-0.05, 0) is 25.8 Å². The van der Waals surface area contributed by atoms with E-state index in [9.17, 15) is 23.5 Å². The van der Waals surface area contributed by atoms with Gasteiger partial charge in [-0.2, -0.15) is 4.39 Å². The molecule has 114 valence electrons. The number of carbonyl (C=O) groups excluding carboxylic acids is 1. The Hall–Kier alpha value is -2.05. The van der Waals surface area contributed by atoms with Crippen LogP contribution in [0.3, 0.4) is 0 Å². The zero-order valence-corrected chi connectivity index (χ0v) is 11.5. The number of aromatic nitrogens is 1.